The van der Waals surface area contributed by atoms with Crippen LogP contribution in [0.3, 0.4) is 0 Å². The molecule has 0 aliphatic rings. The monoisotopic (exact) mass is 383 g/mol. The first-order chi connectivity index (χ1) is 13.6. The Hall–Kier alpha value is -3.55. The summed E-state index contributed by atoms with van der Waals surface area (Å²) >= 11 is 0. The van der Waals surface area contributed by atoms with Crippen LogP contribution in [-0.2, 0) is 6.42 Å². The van der Waals surface area contributed by atoms with E-state index in [1.165, 1.54) is 14.2 Å². The lowest BCUT2D eigenvalue weighted by molar-refractivity contribution is 0.0953. The van der Waals surface area contributed by atoms with Gasteiger partial charge in [-0.15, -0.1) is 10.2 Å². The Balaban J connectivity index is 1.61. The maximum atomic E-state index is 12.4. The van der Waals surface area contributed by atoms with E-state index in [4.69, 9.17) is 18.6 Å². The number of nitrogens with zero attached hydrogens (tertiary/aromatic N) is 2. The molecular formula is C20H21N3O5. The highest BCUT2D eigenvalue weighted by Crippen LogP contribution is 2.28. The molecule has 1 amide bonds. The van der Waals surface area contributed by atoms with E-state index in [9.17, 15) is 4.79 Å². The number of rotatable bonds is 8. The number of nitrogens with one attached hydrogen (secondary N) is 1. The number of benzene rings is 2. The molecule has 0 radical (unpaired) electrons. The Morgan fingerprint density at radius 3 is 2.39 bits per heavy atom. The Morgan fingerprint density at radius 2 is 1.71 bits per heavy atom. The van der Waals surface area contributed by atoms with Gasteiger partial charge in [0.1, 0.15) is 17.2 Å². The van der Waals surface area contributed by atoms with Gasteiger partial charge in [-0.25, -0.2) is 0 Å². The van der Waals surface area contributed by atoms with Crippen LogP contribution in [0.15, 0.2) is 46.9 Å². The van der Waals surface area contributed by atoms with Crippen molar-refractivity contribution >= 4 is 5.91 Å². The van der Waals surface area contributed by atoms with Crippen molar-refractivity contribution in [3.63, 3.8) is 0 Å². The molecule has 0 aliphatic carbocycles. The predicted molar refractivity (Wildman–Crippen MR) is 102 cm³/mol. The molecule has 1 heterocycles. The van der Waals surface area contributed by atoms with E-state index in [-0.39, 0.29) is 5.91 Å². The number of hydrogen-bond acceptors (Lipinski definition) is 7. The van der Waals surface area contributed by atoms with Gasteiger partial charge in [-0.2, -0.15) is 0 Å². The van der Waals surface area contributed by atoms with Crippen molar-refractivity contribution in [1.29, 1.82) is 0 Å². The zero-order chi connectivity index (χ0) is 19.9. The van der Waals surface area contributed by atoms with Crippen LogP contribution in [-0.4, -0.2) is 44.0 Å². The molecule has 0 atom stereocenters. The molecule has 28 heavy (non-hydrogen) atoms. The van der Waals surface area contributed by atoms with E-state index in [1.54, 1.807) is 25.3 Å². The fourth-order valence-corrected chi connectivity index (χ4v) is 2.61. The highest BCUT2D eigenvalue weighted by molar-refractivity contribution is 5.95. The highest BCUT2D eigenvalue weighted by Gasteiger charge is 2.14. The highest BCUT2D eigenvalue weighted by atomic mass is 16.5. The lowest BCUT2D eigenvalue weighted by atomic mass is 10.2. The van der Waals surface area contributed by atoms with Crippen LogP contribution in [0.4, 0.5) is 0 Å². The third kappa shape index (κ3) is 4.40. The van der Waals surface area contributed by atoms with Gasteiger partial charge in [0.05, 0.1) is 26.9 Å². The number of aromatic nitrogens is 2. The summed E-state index contributed by atoms with van der Waals surface area (Å²) in [6.07, 6.45) is 0.398. The van der Waals surface area contributed by atoms with Gasteiger partial charge in [-0.05, 0) is 24.3 Å². The third-order valence-electron chi connectivity index (χ3n) is 4.04. The van der Waals surface area contributed by atoms with Gasteiger partial charge in [0.15, 0.2) is 0 Å². The second-order valence-corrected chi connectivity index (χ2v) is 5.81. The molecule has 8 heteroatoms. The van der Waals surface area contributed by atoms with Crippen molar-refractivity contribution in [2.24, 2.45) is 0 Å². The molecule has 0 saturated heterocycles. The minimum Gasteiger partial charge on any atom is -0.497 e. The number of hydrogen-bond donors (Lipinski definition) is 1. The van der Waals surface area contributed by atoms with Crippen molar-refractivity contribution in [3.05, 3.63) is 53.9 Å². The molecule has 0 unspecified atom stereocenters. The SMILES string of the molecule is COc1cc(OC)cc(C(=O)NCCc2nnc(-c3ccccc3OC)o2)c1. The molecule has 3 aromatic rings. The van der Waals surface area contributed by atoms with E-state index in [0.29, 0.717) is 47.6 Å². The van der Waals surface area contributed by atoms with E-state index in [1.807, 2.05) is 24.3 Å². The number of carbonyl (C=O) groups excluding carboxylic acids is 1. The standard InChI is InChI=1S/C20H21N3O5/c1-25-14-10-13(11-15(12-14)26-2)19(24)21-9-8-18-22-23-20(28-18)16-6-4-5-7-17(16)27-3/h4-7,10-12H,8-9H2,1-3H3,(H,21,24). The summed E-state index contributed by atoms with van der Waals surface area (Å²) in [5.74, 6) is 2.28. The van der Waals surface area contributed by atoms with Crippen LogP contribution >= 0.6 is 0 Å². The second-order valence-electron chi connectivity index (χ2n) is 5.81. The summed E-state index contributed by atoms with van der Waals surface area (Å²) in [6.45, 7) is 0.339. The molecule has 146 valence electrons. The maximum absolute atomic E-state index is 12.4. The second kappa shape index (κ2) is 8.90. The fraction of sp³-hybridized carbons (Fsp3) is 0.250. The van der Waals surface area contributed by atoms with Crippen molar-refractivity contribution in [2.45, 2.75) is 6.42 Å². The number of amides is 1. The molecule has 8 nitrogen and oxygen atoms in total. The topological polar surface area (TPSA) is 95.7 Å². The minimum atomic E-state index is -0.248. The number of carbonyl (C=O) groups is 1. The first kappa shape index (κ1) is 19.2. The molecule has 0 spiro atoms. The fourth-order valence-electron chi connectivity index (χ4n) is 2.61. The van der Waals surface area contributed by atoms with Crippen molar-refractivity contribution in [1.82, 2.24) is 15.5 Å². The molecule has 0 fully saturated rings. The summed E-state index contributed by atoms with van der Waals surface area (Å²) in [6, 6.07) is 12.4. The first-order valence-electron chi connectivity index (χ1n) is 8.61. The Bertz CT molecular complexity index is 932. The molecule has 2 aromatic carbocycles. The maximum Gasteiger partial charge on any atom is 0.251 e. The van der Waals surface area contributed by atoms with Gasteiger partial charge in [-0.1, -0.05) is 12.1 Å². The molecule has 0 aliphatic heterocycles. The van der Waals surface area contributed by atoms with Crippen molar-refractivity contribution in [3.8, 4) is 28.7 Å². The average Bonchev–Trinajstić information content (AvgIpc) is 3.21. The number of methoxy groups -OCH3 is 3. The van der Waals surface area contributed by atoms with Crippen LogP contribution in [0.1, 0.15) is 16.2 Å². The third-order valence-corrected chi connectivity index (χ3v) is 4.04. The molecule has 1 N–H and O–H groups in total. The van der Waals surface area contributed by atoms with Crippen LogP contribution in [0.25, 0.3) is 11.5 Å². The minimum absolute atomic E-state index is 0.248. The van der Waals surface area contributed by atoms with E-state index < -0.39 is 0 Å². The van der Waals surface area contributed by atoms with Crippen LogP contribution in [0.5, 0.6) is 17.2 Å². The summed E-state index contributed by atoms with van der Waals surface area (Å²) < 4.78 is 21.3. The molecule has 3 rings (SSSR count). The van der Waals surface area contributed by atoms with Crippen molar-refractivity contribution < 1.29 is 23.4 Å². The smallest absolute Gasteiger partial charge is 0.251 e. The molecule has 0 saturated carbocycles. The van der Waals surface area contributed by atoms with Crippen molar-refractivity contribution in [2.75, 3.05) is 27.9 Å². The average molecular weight is 383 g/mol. The number of para-hydroxylation sites is 1. The van der Waals surface area contributed by atoms with E-state index in [0.717, 1.165) is 5.56 Å². The summed E-state index contributed by atoms with van der Waals surface area (Å²) in [5, 5.41) is 10.9. The van der Waals surface area contributed by atoms with E-state index in [2.05, 4.69) is 15.5 Å². The summed E-state index contributed by atoms with van der Waals surface area (Å²) in [7, 11) is 4.65. The van der Waals surface area contributed by atoms with Crippen LogP contribution in [0, 0.1) is 0 Å². The molecular weight excluding hydrogens is 362 g/mol. The van der Waals surface area contributed by atoms with Gasteiger partial charge in [-0.3, -0.25) is 4.79 Å². The quantitative estimate of drug-likeness (QED) is 0.639. The molecule has 1 aromatic heterocycles. The van der Waals surface area contributed by atoms with Gasteiger partial charge in [0.2, 0.25) is 5.89 Å². The zero-order valence-corrected chi connectivity index (χ0v) is 15.9. The van der Waals surface area contributed by atoms with E-state index >= 15 is 0 Å². The zero-order valence-electron chi connectivity index (χ0n) is 15.9. The van der Waals surface area contributed by atoms with Gasteiger partial charge < -0.3 is 23.9 Å². The van der Waals surface area contributed by atoms with Crippen LogP contribution in [0.2, 0.25) is 0 Å². The van der Waals surface area contributed by atoms with Gasteiger partial charge in [0, 0.05) is 24.6 Å². The van der Waals surface area contributed by atoms with Gasteiger partial charge in [0.25, 0.3) is 11.8 Å². The lowest BCUT2D eigenvalue weighted by Gasteiger charge is -2.08. The van der Waals surface area contributed by atoms with Crippen LogP contribution < -0.4 is 19.5 Å². The summed E-state index contributed by atoms with van der Waals surface area (Å²) in [4.78, 5) is 12.4. The Kier molecular flexibility index (Phi) is 6.11. The summed E-state index contributed by atoms with van der Waals surface area (Å²) in [5.41, 5.74) is 1.16. The van der Waals surface area contributed by atoms with Gasteiger partial charge >= 0.3 is 0 Å². The Labute approximate surface area is 162 Å². The Morgan fingerprint density at radius 1 is 1.00 bits per heavy atom. The lowest BCUT2D eigenvalue weighted by Crippen LogP contribution is -2.25. The predicted octanol–water partition coefficient (Wildman–Crippen LogP) is 2.73. The first-order valence-corrected chi connectivity index (χ1v) is 8.61. The number of ether oxygens (including phenoxy) is 3. The largest absolute Gasteiger partial charge is 0.497 e. The normalized spacial score (nSPS) is 10.4. The molecule has 0 bridgehead atoms.